The van der Waals surface area contributed by atoms with Crippen LogP contribution in [0, 0.1) is 6.92 Å². The van der Waals surface area contributed by atoms with E-state index < -0.39 is 0 Å². The first-order chi connectivity index (χ1) is 9.79. The highest BCUT2D eigenvalue weighted by Crippen LogP contribution is 2.25. The van der Waals surface area contributed by atoms with E-state index in [1.54, 1.807) is 0 Å². The van der Waals surface area contributed by atoms with Crippen LogP contribution in [0.5, 0.6) is 0 Å². The number of nitrogens with zero attached hydrogens (tertiary/aromatic N) is 2. The SMILES string of the molecule is Cc1ccccc1C(C)NCc1cn(C)nc1C(C)(C)C. The number of hydrogen-bond donors (Lipinski definition) is 1. The van der Waals surface area contributed by atoms with Gasteiger partial charge in [0.25, 0.3) is 0 Å². The molecular formula is C18H27N3. The average Bonchev–Trinajstić information content (AvgIpc) is 2.78. The molecule has 0 spiro atoms. The third-order valence-corrected chi connectivity index (χ3v) is 3.87. The van der Waals surface area contributed by atoms with Crippen molar-refractivity contribution in [2.24, 2.45) is 7.05 Å². The van der Waals surface area contributed by atoms with Crippen molar-refractivity contribution < 1.29 is 0 Å². The summed E-state index contributed by atoms with van der Waals surface area (Å²) in [5, 5.41) is 8.26. The first kappa shape index (κ1) is 15.8. The first-order valence-electron chi connectivity index (χ1n) is 7.61. The smallest absolute Gasteiger partial charge is 0.0722 e. The lowest BCUT2D eigenvalue weighted by atomic mass is 9.89. The van der Waals surface area contributed by atoms with Gasteiger partial charge in [-0.15, -0.1) is 0 Å². The quantitative estimate of drug-likeness (QED) is 0.924. The first-order valence-corrected chi connectivity index (χ1v) is 7.61. The Morgan fingerprint density at radius 3 is 2.52 bits per heavy atom. The third-order valence-electron chi connectivity index (χ3n) is 3.87. The molecule has 2 aromatic rings. The normalized spacial score (nSPS) is 13.4. The Hall–Kier alpha value is -1.61. The summed E-state index contributed by atoms with van der Waals surface area (Å²) in [6, 6.07) is 8.88. The molecule has 1 heterocycles. The summed E-state index contributed by atoms with van der Waals surface area (Å²) in [7, 11) is 1.99. The van der Waals surface area contributed by atoms with Crippen LogP contribution in [0.4, 0.5) is 0 Å². The molecular weight excluding hydrogens is 258 g/mol. The van der Waals surface area contributed by atoms with Gasteiger partial charge >= 0.3 is 0 Å². The van der Waals surface area contributed by atoms with Crippen LogP contribution in [0.15, 0.2) is 30.5 Å². The maximum atomic E-state index is 4.63. The van der Waals surface area contributed by atoms with Gasteiger partial charge < -0.3 is 5.32 Å². The summed E-state index contributed by atoms with van der Waals surface area (Å²) in [5.41, 5.74) is 5.22. The van der Waals surface area contributed by atoms with E-state index in [2.05, 4.69) is 75.5 Å². The molecule has 1 N–H and O–H groups in total. The van der Waals surface area contributed by atoms with Crippen molar-refractivity contribution in [1.82, 2.24) is 15.1 Å². The zero-order valence-corrected chi connectivity index (χ0v) is 14.1. The molecule has 0 radical (unpaired) electrons. The van der Waals surface area contributed by atoms with Crippen molar-refractivity contribution in [3.63, 3.8) is 0 Å². The van der Waals surface area contributed by atoms with Crippen LogP contribution < -0.4 is 5.32 Å². The molecule has 1 aromatic carbocycles. The van der Waals surface area contributed by atoms with Crippen LogP contribution in [0.25, 0.3) is 0 Å². The average molecular weight is 285 g/mol. The molecule has 3 nitrogen and oxygen atoms in total. The molecule has 0 fully saturated rings. The van der Waals surface area contributed by atoms with E-state index in [0.29, 0.717) is 6.04 Å². The number of aryl methyl sites for hydroxylation is 2. The molecule has 21 heavy (non-hydrogen) atoms. The Labute approximate surface area is 128 Å². The number of hydrogen-bond acceptors (Lipinski definition) is 2. The maximum absolute atomic E-state index is 4.63. The van der Waals surface area contributed by atoms with Crippen molar-refractivity contribution in [1.29, 1.82) is 0 Å². The Morgan fingerprint density at radius 1 is 1.24 bits per heavy atom. The van der Waals surface area contributed by atoms with Gasteiger partial charge in [-0.25, -0.2) is 0 Å². The van der Waals surface area contributed by atoms with Crippen molar-refractivity contribution in [2.45, 2.75) is 52.6 Å². The highest BCUT2D eigenvalue weighted by Gasteiger charge is 2.22. The topological polar surface area (TPSA) is 29.9 Å². The van der Waals surface area contributed by atoms with E-state index in [0.717, 1.165) is 6.54 Å². The fourth-order valence-corrected chi connectivity index (χ4v) is 2.74. The lowest BCUT2D eigenvalue weighted by molar-refractivity contribution is 0.530. The zero-order valence-electron chi connectivity index (χ0n) is 14.1. The van der Waals surface area contributed by atoms with Gasteiger partial charge in [0.1, 0.15) is 0 Å². The van der Waals surface area contributed by atoms with Gasteiger partial charge in [0.15, 0.2) is 0 Å². The summed E-state index contributed by atoms with van der Waals surface area (Å²) in [6.07, 6.45) is 2.12. The molecule has 0 amide bonds. The van der Waals surface area contributed by atoms with E-state index in [1.165, 1.54) is 22.4 Å². The van der Waals surface area contributed by atoms with Gasteiger partial charge in [0.05, 0.1) is 5.69 Å². The number of aromatic nitrogens is 2. The van der Waals surface area contributed by atoms with E-state index >= 15 is 0 Å². The van der Waals surface area contributed by atoms with E-state index in [1.807, 2.05) is 11.7 Å². The Kier molecular flexibility index (Phi) is 4.52. The molecule has 0 aliphatic heterocycles. The van der Waals surface area contributed by atoms with Gasteiger partial charge in [-0.2, -0.15) is 5.10 Å². The Bertz CT molecular complexity index is 605. The number of benzene rings is 1. The van der Waals surface area contributed by atoms with Crippen molar-refractivity contribution in [3.8, 4) is 0 Å². The van der Waals surface area contributed by atoms with Crippen molar-refractivity contribution in [2.75, 3.05) is 0 Å². The third kappa shape index (κ3) is 3.73. The summed E-state index contributed by atoms with van der Waals surface area (Å²) >= 11 is 0. The molecule has 0 aliphatic rings. The fraction of sp³-hybridized carbons (Fsp3) is 0.500. The van der Waals surface area contributed by atoms with Crippen molar-refractivity contribution >= 4 is 0 Å². The maximum Gasteiger partial charge on any atom is 0.0722 e. The van der Waals surface area contributed by atoms with Gasteiger partial charge in [0.2, 0.25) is 0 Å². The lowest BCUT2D eigenvalue weighted by Crippen LogP contribution is -2.22. The number of nitrogens with one attached hydrogen (secondary N) is 1. The highest BCUT2D eigenvalue weighted by atomic mass is 15.3. The minimum Gasteiger partial charge on any atom is -0.306 e. The van der Waals surface area contributed by atoms with Crippen LogP contribution in [-0.4, -0.2) is 9.78 Å². The Morgan fingerprint density at radius 2 is 1.90 bits per heavy atom. The van der Waals surface area contributed by atoms with Crippen LogP contribution in [-0.2, 0) is 19.0 Å². The molecule has 114 valence electrons. The predicted molar refractivity (Wildman–Crippen MR) is 88.3 cm³/mol. The summed E-state index contributed by atoms with van der Waals surface area (Å²) in [6.45, 7) is 11.9. The van der Waals surface area contributed by atoms with Crippen LogP contribution in [0.2, 0.25) is 0 Å². The molecule has 1 aromatic heterocycles. The molecule has 0 saturated heterocycles. The summed E-state index contributed by atoms with van der Waals surface area (Å²) in [5.74, 6) is 0. The van der Waals surface area contributed by atoms with Crippen LogP contribution >= 0.6 is 0 Å². The number of rotatable bonds is 4. The molecule has 3 heteroatoms. The second-order valence-corrected chi connectivity index (χ2v) is 6.89. The van der Waals surface area contributed by atoms with E-state index in [9.17, 15) is 0 Å². The van der Waals surface area contributed by atoms with Crippen molar-refractivity contribution in [3.05, 3.63) is 52.8 Å². The molecule has 1 unspecified atom stereocenters. The molecule has 0 aliphatic carbocycles. The molecule has 2 rings (SSSR count). The van der Waals surface area contributed by atoms with Crippen LogP contribution in [0.1, 0.15) is 56.1 Å². The second kappa shape index (κ2) is 6.02. The molecule has 0 saturated carbocycles. The zero-order chi connectivity index (χ0) is 15.6. The largest absolute Gasteiger partial charge is 0.306 e. The van der Waals surface area contributed by atoms with Gasteiger partial charge in [-0.3, -0.25) is 4.68 Å². The minimum absolute atomic E-state index is 0.0736. The predicted octanol–water partition coefficient (Wildman–Crippen LogP) is 3.88. The molecule has 0 bridgehead atoms. The Balaban J connectivity index is 2.12. The highest BCUT2D eigenvalue weighted by molar-refractivity contribution is 5.29. The monoisotopic (exact) mass is 285 g/mol. The molecule has 1 atom stereocenters. The van der Waals surface area contributed by atoms with Gasteiger partial charge in [-0.1, -0.05) is 45.0 Å². The summed E-state index contributed by atoms with van der Waals surface area (Å²) in [4.78, 5) is 0. The minimum atomic E-state index is 0.0736. The van der Waals surface area contributed by atoms with Gasteiger partial charge in [0, 0.05) is 36.8 Å². The van der Waals surface area contributed by atoms with E-state index in [4.69, 9.17) is 0 Å². The lowest BCUT2D eigenvalue weighted by Gasteiger charge is -2.20. The van der Waals surface area contributed by atoms with E-state index in [-0.39, 0.29) is 5.41 Å². The second-order valence-electron chi connectivity index (χ2n) is 6.89. The van der Waals surface area contributed by atoms with Crippen LogP contribution in [0.3, 0.4) is 0 Å². The standard InChI is InChI=1S/C18H27N3/c1-13-9-7-8-10-16(13)14(2)19-11-15-12-21(6)20-17(15)18(3,4)5/h7-10,12,14,19H,11H2,1-6H3. The van der Waals surface area contributed by atoms with Gasteiger partial charge in [-0.05, 0) is 25.0 Å². The summed E-state index contributed by atoms with van der Waals surface area (Å²) < 4.78 is 1.91. The fourth-order valence-electron chi connectivity index (χ4n) is 2.74.